The number of rotatable bonds is 9. The highest BCUT2D eigenvalue weighted by atomic mass is 79.9. The van der Waals surface area contributed by atoms with Crippen LogP contribution in [0.25, 0.3) is 0 Å². The molecule has 2 fully saturated rings. The molecule has 3 aliphatic rings. The number of nitrogens with zero attached hydrogens (tertiary/aromatic N) is 6. The molecule has 0 spiro atoms. The topological polar surface area (TPSA) is 115 Å². The fraction of sp³-hybridized carbons (Fsp3) is 0.500. The molecule has 2 aromatic carbocycles. The first-order valence-corrected chi connectivity index (χ1v) is 18.5. The van der Waals surface area contributed by atoms with E-state index in [9.17, 15) is 8.42 Å². The fourth-order valence-corrected chi connectivity index (χ4v) is 7.17. The average molecular weight is 716 g/mol. The van der Waals surface area contributed by atoms with Gasteiger partial charge in [-0.25, -0.2) is 13.4 Å². The molecular weight excluding hydrogens is 672 g/mol. The Morgan fingerprint density at radius 3 is 2.48 bits per heavy atom. The standard InChI is InChI=1S/C32H43BrN8O4S/c1-5-22-20-23(6-8-27(22)41-12-10-24(11-13-41)40-16-14-38(2)15-17-40)35-32-34-21-25(33)31(37-32)36-26-7-9-28-30(45-19-18-44-28)29(26)39(3)46(4,42)43/h6-9,20-21,24H,5,10-19H2,1-4H3,(H2,34,35,36,37). The van der Waals surface area contributed by atoms with E-state index in [1.165, 1.54) is 48.5 Å². The number of likely N-dealkylation sites (N-methyl/N-ethyl adjacent to an activating group) is 1. The molecule has 3 aromatic rings. The summed E-state index contributed by atoms with van der Waals surface area (Å²) in [6.45, 7) is 9.71. The lowest BCUT2D eigenvalue weighted by molar-refractivity contribution is 0.0982. The quantitative estimate of drug-likeness (QED) is 0.322. The first kappa shape index (κ1) is 32.6. The van der Waals surface area contributed by atoms with Gasteiger partial charge in [0.1, 0.15) is 24.7 Å². The van der Waals surface area contributed by atoms with E-state index in [4.69, 9.17) is 14.5 Å². The van der Waals surface area contributed by atoms with Crippen molar-refractivity contribution < 1.29 is 17.9 Å². The molecule has 2 saturated heterocycles. The molecule has 0 unspecified atom stereocenters. The van der Waals surface area contributed by atoms with Crippen LogP contribution in [-0.2, 0) is 16.4 Å². The van der Waals surface area contributed by atoms with Gasteiger partial charge in [0, 0.05) is 69.9 Å². The van der Waals surface area contributed by atoms with Crippen LogP contribution >= 0.6 is 15.9 Å². The Kier molecular flexibility index (Phi) is 9.78. The molecule has 46 heavy (non-hydrogen) atoms. The molecule has 14 heteroatoms. The molecule has 0 atom stereocenters. The van der Waals surface area contributed by atoms with E-state index >= 15 is 0 Å². The number of piperidine rings is 1. The van der Waals surface area contributed by atoms with Gasteiger partial charge in [-0.1, -0.05) is 6.92 Å². The predicted molar refractivity (Wildman–Crippen MR) is 187 cm³/mol. The molecule has 3 aliphatic heterocycles. The van der Waals surface area contributed by atoms with Crippen LogP contribution < -0.4 is 29.3 Å². The van der Waals surface area contributed by atoms with Crippen LogP contribution in [0.1, 0.15) is 25.3 Å². The van der Waals surface area contributed by atoms with Gasteiger partial charge >= 0.3 is 0 Å². The Hall–Kier alpha value is -3.33. The summed E-state index contributed by atoms with van der Waals surface area (Å²) in [5, 5.41) is 6.65. The number of piperazine rings is 1. The minimum Gasteiger partial charge on any atom is -0.486 e. The number of benzene rings is 2. The zero-order chi connectivity index (χ0) is 32.4. The third-order valence-corrected chi connectivity index (χ3v) is 10.8. The second kappa shape index (κ2) is 13.8. The van der Waals surface area contributed by atoms with Crippen molar-refractivity contribution in [2.45, 2.75) is 32.2 Å². The molecule has 4 heterocycles. The Balaban J connectivity index is 1.18. The zero-order valence-corrected chi connectivity index (χ0v) is 29.3. The lowest BCUT2D eigenvalue weighted by Gasteiger charge is -2.43. The molecule has 6 rings (SSSR count). The molecule has 0 radical (unpaired) electrons. The maximum atomic E-state index is 12.6. The summed E-state index contributed by atoms with van der Waals surface area (Å²) in [4.78, 5) is 16.9. The van der Waals surface area contributed by atoms with Gasteiger partial charge < -0.3 is 29.9 Å². The fourth-order valence-electron chi connectivity index (χ4n) is 6.37. The molecular formula is C32H43BrN8O4S. The SMILES string of the molecule is CCc1cc(Nc2ncc(Br)c(Nc3ccc4c(c3N(C)S(C)(=O)=O)OCCO4)n2)ccc1N1CCC(N2CCN(C)CC2)CC1. The number of aromatic nitrogens is 2. The van der Waals surface area contributed by atoms with Crippen molar-refractivity contribution in [3.05, 3.63) is 46.6 Å². The molecule has 0 aliphatic carbocycles. The number of fused-ring (bicyclic) bond motifs is 1. The van der Waals surface area contributed by atoms with Gasteiger partial charge in [0.2, 0.25) is 16.0 Å². The van der Waals surface area contributed by atoms with E-state index in [0.717, 1.165) is 44.5 Å². The van der Waals surface area contributed by atoms with E-state index < -0.39 is 10.0 Å². The van der Waals surface area contributed by atoms with Crippen molar-refractivity contribution in [2.75, 3.05) is 92.7 Å². The number of ether oxygens (including phenoxy) is 2. The normalized spacial score (nSPS) is 18.0. The first-order valence-electron chi connectivity index (χ1n) is 15.8. The summed E-state index contributed by atoms with van der Waals surface area (Å²) in [5.41, 5.74) is 4.32. The van der Waals surface area contributed by atoms with E-state index in [-0.39, 0.29) is 0 Å². The van der Waals surface area contributed by atoms with Crippen LogP contribution in [0.5, 0.6) is 11.5 Å². The Morgan fingerprint density at radius 2 is 1.76 bits per heavy atom. The Labute approximate surface area is 280 Å². The van der Waals surface area contributed by atoms with E-state index in [2.05, 4.69) is 78.4 Å². The summed E-state index contributed by atoms with van der Waals surface area (Å²) in [6, 6.07) is 10.7. The highest BCUT2D eigenvalue weighted by Gasteiger charge is 2.29. The van der Waals surface area contributed by atoms with Gasteiger partial charge in [0.15, 0.2) is 11.5 Å². The minimum atomic E-state index is -3.60. The third-order valence-electron chi connectivity index (χ3n) is 9.07. The van der Waals surface area contributed by atoms with Gasteiger partial charge in [-0.2, -0.15) is 4.98 Å². The van der Waals surface area contributed by atoms with Crippen LogP contribution in [0.4, 0.5) is 34.5 Å². The molecule has 12 nitrogen and oxygen atoms in total. The Morgan fingerprint density at radius 1 is 1.02 bits per heavy atom. The number of sulfonamides is 1. The second-order valence-electron chi connectivity index (χ2n) is 12.1. The molecule has 0 saturated carbocycles. The van der Waals surface area contributed by atoms with Crippen molar-refractivity contribution in [1.82, 2.24) is 19.8 Å². The van der Waals surface area contributed by atoms with Crippen LogP contribution in [0.3, 0.4) is 0 Å². The van der Waals surface area contributed by atoms with E-state index in [0.29, 0.717) is 58.4 Å². The largest absolute Gasteiger partial charge is 0.486 e. The molecule has 0 amide bonds. The van der Waals surface area contributed by atoms with Crippen LogP contribution in [0, 0.1) is 0 Å². The number of aryl methyl sites for hydroxylation is 1. The van der Waals surface area contributed by atoms with Gasteiger partial charge in [0.25, 0.3) is 0 Å². The lowest BCUT2D eigenvalue weighted by Crippen LogP contribution is -2.52. The van der Waals surface area contributed by atoms with E-state index in [1.807, 2.05) is 0 Å². The molecule has 0 bridgehead atoms. The highest BCUT2D eigenvalue weighted by molar-refractivity contribution is 9.10. The molecule has 248 valence electrons. The van der Waals surface area contributed by atoms with Crippen LogP contribution in [0.15, 0.2) is 41.0 Å². The number of hydrogen-bond donors (Lipinski definition) is 2. The summed E-state index contributed by atoms with van der Waals surface area (Å²) >= 11 is 3.54. The number of halogens is 1. The van der Waals surface area contributed by atoms with Gasteiger partial charge in [-0.05, 0) is 78.1 Å². The van der Waals surface area contributed by atoms with Crippen molar-refractivity contribution in [2.24, 2.45) is 0 Å². The van der Waals surface area contributed by atoms with Gasteiger partial charge in [-0.3, -0.25) is 9.21 Å². The maximum Gasteiger partial charge on any atom is 0.232 e. The highest BCUT2D eigenvalue weighted by Crippen LogP contribution is 2.46. The monoisotopic (exact) mass is 714 g/mol. The Bertz CT molecular complexity index is 1660. The average Bonchev–Trinajstić information content (AvgIpc) is 3.06. The van der Waals surface area contributed by atoms with Crippen LogP contribution in [-0.4, -0.2) is 107 Å². The van der Waals surface area contributed by atoms with E-state index in [1.54, 1.807) is 18.3 Å². The lowest BCUT2D eigenvalue weighted by atomic mass is 10.00. The third kappa shape index (κ3) is 7.14. The molecule has 1 aromatic heterocycles. The van der Waals surface area contributed by atoms with Crippen LogP contribution in [0.2, 0.25) is 0 Å². The van der Waals surface area contributed by atoms with Crippen molar-refractivity contribution in [3.8, 4) is 11.5 Å². The summed E-state index contributed by atoms with van der Waals surface area (Å²) in [7, 11) is 0.101. The summed E-state index contributed by atoms with van der Waals surface area (Å²) < 4.78 is 38.5. The van der Waals surface area contributed by atoms with Gasteiger partial charge in [0.05, 0.1) is 16.4 Å². The summed E-state index contributed by atoms with van der Waals surface area (Å²) in [5.74, 6) is 1.72. The van der Waals surface area contributed by atoms with Gasteiger partial charge in [-0.15, -0.1) is 0 Å². The first-order chi connectivity index (χ1) is 22.1. The minimum absolute atomic E-state index is 0.319. The zero-order valence-electron chi connectivity index (χ0n) is 26.9. The molecule has 2 N–H and O–H groups in total. The maximum absolute atomic E-state index is 12.6. The number of hydrogen-bond acceptors (Lipinski definition) is 11. The van der Waals surface area contributed by atoms with Crippen molar-refractivity contribution in [1.29, 1.82) is 0 Å². The second-order valence-corrected chi connectivity index (χ2v) is 15.0. The van der Waals surface area contributed by atoms with Crippen molar-refractivity contribution in [3.63, 3.8) is 0 Å². The predicted octanol–water partition coefficient (Wildman–Crippen LogP) is 4.67. The summed E-state index contributed by atoms with van der Waals surface area (Å²) in [6.07, 6.45) is 6.11. The number of anilines is 6. The smallest absolute Gasteiger partial charge is 0.232 e. The van der Waals surface area contributed by atoms with Crippen molar-refractivity contribution >= 4 is 60.5 Å². The number of nitrogens with one attached hydrogen (secondary N) is 2.